The molecule has 1 N–H and O–H groups in total. The molecule has 1 amide bonds. The van der Waals surface area contributed by atoms with Gasteiger partial charge in [-0.3, -0.25) is 9.69 Å². The fourth-order valence-electron chi connectivity index (χ4n) is 5.79. The van der Waals surface area contributed by atoms with Gasteiger partial charge in [0.25, 0.3) is 5.91 Å². The van der Waals surface area contributed by atoms with E-state index in [1.165, 1.54) is 12.1 Å². The molecule has 0 aliphatic carbocycles. The van der Waals surface area contributed by atoms with Crippen LogP contribution in [0.1, 0.15) is 40.7 Å². The number of likely N-dealkylation sites (N-methyl/N-ethyl adjacent to an activating group) is 1. The lowest BCUT2D eigenvalue weighted by Gasteiger charge is -2.53. The summed E-state index contributed by atoms with van der Waals surface area (Å²) in [7, 11) is 2.11. The molecule has 2 aliphatic rings. The highest BCUT2D eigenvalue weighted by molar-refractivity contribution is 5.94. The highest BCUT2D eigenvalue weighted by atomic mass is 19.1. The lowest BCUT2D eigenvalue weighted by Crippen LogP contribution is -2.74. The number of hydrogen-bond donors (Lipinski definition) is 1. The molecule has 0 radical (unpaired) electrons. The fourth-order valence-corrected chi connectivity index (χ4v) is 5.79. The Balaban J connectivity index is 1.39. The van der Waals surface area contributed by atoms with Crippen molar-refractivity contribution < 1.29 is 18.3 Å². The van der Waals surface area contributed by atoms with Gasteiger partial charge in [0.05, 0.1) is 18.3 Å². The predicted octanol–water partition coefficient (Wildman–Crippen LogP) is 4.29. The van der Waals surface area contributed by atoms with E-state index in [1.54, 1.807) is 28.2 Å². The van der Waals surface area contributed by atoms with E-state index in [9.17, 15) is 13.6 Å². The van der Waals surface area contributed by atoms with Gasteiger partial charge in [-0.25, -0.2) is 14.2 Å². The maximum Gasteiger partial charge on any atom is 0.271 e. The molecular weight excluding hydrogens is 526 g/mol. The number of halogens is 2. The average molecular weight is 561 g/mol. The minimum absolute atomic E-state index is 0.262. The molecule has 3 aromatic carbocycles. The summed E-state index contributed by atoms with van der Waals surface area (Å²) in [5.74, 6) is -2.39. The molecule has 3 heterocycles. The molecule has 8 nitrogen and oxygen atoms in total. The van der Waals surface area contributed by atoms with Gasteiger partial charge in [0.1, 0.15) is 11.6 Å². The summed E-state index contributed by atoms with van der Waals surface area (Å²) in [5.41, 5.74) is 5.89. The number of hydrogen-bond acceptors (Lipinski definition) is 6. The molecule has 4 aromatic rings. The molecule has 1 unspecified atom stereocenters. The number of benzene rings is 3. The number of piperazine rings is 1. The number of carbonyl (C=O) groups is 1. The second-order valence-corrected chi connectivity index (χ2v) is 10.8. The summed E-state index contributed by atoms with van der Waals surface area (Å²) < 4.78 is 34.2. The zero-order valence-electron chi connectivity index (χ0n) is 23.1. The summed E-state index contributed by atoms with van der Waals surface area (Å²) >= 11 is 0. The Hall–Kier alpha value is -3.86. The zero-order chi connectivity index (χ0) is 28.4. The Labute approximate surface area is 238 Å². The first-order valence-electron chi connectivity index (χ1n) is 14.1. The van der Waals surface area contributed by atoms with Crippen LogP contribution in [0.25, 0.3) is 10.9 Å². The molecule has 2 saturated heterocycles. The third kappa shape index (κ3) is 5.68. The van der Waals surface area contributed by atoms with Crippen LogP contribution >= 0.6 is 0 Å². The van der Waals surface area contributed by atoms with Gasteiger partial charge in [-0.15, -0.1) is 0 Å². The zero-order valence-corrected chi connectivity index (χ0v) is 23.1. The molecule has 2 aliphatic heterocycles. The van der Waals surface area contributed by atoms with Crippen LogP contribution in [0.2, 0.25) is 0 Å². The molecule has 10 heteroatoms. The first-order chi connectivity index (χ1) is 19.9. The Morgan fingerprint density at radius 2 is 1.73 bits per heavy atom. The molecule has 2 fully saturated rings. The van der Waals surface area contributed by atoms with E-state index < -0.39 is 17.5 Å². The van der Waals surface area contributed by atoms with Crippen LogP contribution < -0.4 is 10.5 Å². The van der Waals surface area contributed by atoms with Gasteiger partial charge < -0.3 is 9.64 Å². The van der Waals surface area contributed by atoms with E-state index in [0.29, 0.717) is 30.6 Å². The second-order valence-electron chi connectivity index (χ2n) is 10.8. The van der Waals surface area contributed by atoms with Crippen molar-refractivity contribution in [1.82, 2.24) is 25.1 Å². The SMILES string of the molecule is CN1CCN(C2(N(NC(=O)c3ccccc3)n3ncc4cc(Cc5cc(F)cc(F)c5)ccc43)CCCCO2)CC1. The van der Waals surface area contributed by atoms with E-state index in [-0.39, 0.29) is 5.91 Å². The number of nitrogens with zero attached hydrogens (tertiary/aromatic N) is 5. The summed E-state index contributed by atoms with van der Waals surface area (Å²) in [5, 5.41) is 7.34. The van der Waals surface area contributed by atoms with Gasteiger partial charge in [0, 0.05) is 49.6 Å². The first kappa shape index (κ1) is 27.3. The van der Waals surface area contributed by atoms with Crippen molar-refractivity contribution in [3.8, 4) is 0 Å². The van der Waals surface area contributed by atoms with Gasteiger partial charge in [-0.2, -0.15) is 15.0 Å². The van der Waals surface area contributed by atoms with E-state index in [2.05, 4.69) is 22.3 Å². The van der Waals surface area contributed by atoms with Gasteiger partial charge >= 0.3 is 0 Å². The van der Waals surface area contributed by atoms with Crippen molar-refractivity contribution in [3.63, 3.8) is 0 Å². The molecular formula is C31H34F2N6O2. The van der Waals surface area contributed by atoms with Crippen molar-refractivity contribution >= 4 is 16.8 Å². The topological polar surface area (TPSA) is 65.9 Å². The van der Waals surface area contributed by atoms with E-state index in [1.807, 2.05) is 36.4 Å². The fraction of sp³-hybridized carbons (Fsp3) is 0.355. The number of amides is 1. The number of carbonyl (C=O) groups excluding carboxylic acids is 1. The molecule has 0 spiro atoms. The Morgan fingerprint density at radius 1 is 0.976 bits per heavy atom. The normalized spacial score (nSPS) is 20.3. The van der Waals surface area contributed by atoms with Crippen molar-refractivity contribution in [3.05, 3.63) is 101 Å². The first-order valence-corrected chi connectivity index (χ1v) is 14.1. The van der Waals surface area contributed by atoms with E-state index >= 15 is 0 Å². The predicted molar refractivity (Wildman–Crippen MR) is 153 cm³/mol. The number of hydrazine groups is 1. The van der Waals surface area contributed by atoms with Crippen LogP contribution in [-0.2, 0) is 11.2 Å². The monoisotopic (exact) mass is 560 g/mol. The van der Waals surface area contributed by atoms with Crippen molar-refractivity contribution in [1.29, 1.82) is 0 Å². The van der Waals surface area contributed by atoms with E-state index in [4.69, 9.17) is 9.84 Å². The molecule has 0 saturated carbocycles. The minimum atomic E-state index is -0.930. The maximum atomic E-state index is 13.8. The Bertz CT molecular complexity index is 1490. The second kappa shape index (κ2) is 11.6. The van der Waals surface area contributed by atoms with Crippen LogP contribution in [0, 0.1) is 11.6 Å². The van der Waals surface area contributed by atoms with E-state index in [0.717, 1.165) is 61.6 Å². The van der Waals surface area contributed by atoms with Gasteiger partial charge in [-0.05, 0) is 73.8 Å². The van der Waals surface area contributed by atoms with Crippen LogP contribution in [0.3, 0.4) is 0 Å². The van der Waals surface area contributed by atoms with Crippen LogP contribution in [0.5, 0.6) is 0 Å². The largest absolute Gasteiger partial charge is 0.340 e. The summed E-state index contributed by atoms with van der Waals surface area (Å²) in [6, 6.07) is 18.5. The molecule has 0 bridgehead atoms. The third-order valence-corrected chi connectivity index (χ3v) is 7.94. The van der Waals surface area contributed by atoms with Crippen molar-refractivity contribution in [2.24, 2.45) is 0 Å². The van der Waals surface area contributed by atoms with Crippen LogP contribution in [-0.4, -0.2) is 71.3 Å². The standard InChI is InChI=1S/C31H34F2N6O2/c1-36-12-14-37(15-13-36)31(11-5-6-16-41-31)39(35-30(40)25-7-3-2-4-8-25)38-29-10-9-23(18-26(29)22-34-38)17-24-19-27(32)21-28(33)20-24/h2-4,7-10,18-22H,5-6,11-17H2,1H3,(H,35,40). The molecule has 214 valence electrons. The lowest BCUT2D eigenvalue weighted by molar-refractivity contribution is -0.205. The van der Waals surface area contributed by atoms with Crippen molar-refractivity contribution in [2.45, 2.75) is 31.5 Å². The quantitative estimate of drug-likeness (QED) is 0.341. The highest BCUT2D eigenvalue weighted by Crippen LogP contribution is 2.33. The number of fused-ring (bicyclic) bond motifs is 1. The highest BCUT2D eigenvalue weighted by Gasteiger charge is 2.48. The Kier molecular flexibility index (Phi) is 7.70. The average Bonchev–Trinajstić information content (AvgIpc) is 3.39. The van der Waals surface area contributed by atoms with Crippen LogP contribution in [0.4, 0.5) is 8.78 Å². The van der Waals surface area contributed by atoms with Crippen LogP contribution in [0.15, 0.2) is 72.9 Å². The number of nitrogens with one attached hydrogen (secondary N) is 1. The summed E-state index contributed by atoms with van der Waals surface area (Å²) in [6.07, 6.45) is 4.69. The van der Waals surface area contributed by atoms with Crippen molar-refractivity contribution in [2.75, 3.05) is 45.0 Å². The Morgan fingerprint density at radius 3 is 2.44 bits per heavy atom. The maximum absolute atomic E-state index is 13.8. The minimum Gasteiger partial charge on any atom is -0.340 e. The van der Waals surface area contributed by atoms with Gasteiger partial charge in [0.15, 0.2) is 0 Å². The summed E-state index contributed by atoms with van der Waals surface area (Å²) in [4.78, 5) is 19.9. The number of rotatable bonds is 7. The summed E-state index contributed by atoms with van der Waals surface area (Å²) in [6.45, 7) is 3.89. The number of ether oxygens (including phenoxy) is 1. The lowest BCUT2D eigenvalue weighted by atomic mass is 10.0. The van der Waals surface area contributed by atoms with Gasteiger partial charge in [0.2, 0.25) is 5.85 Å². The van der Waals surface area contributed by atoms with Gasteiger partial charge in [-0.1, -0.05) is 24.3 Å². The number of aromatic nitrogens is 2. The molecule has 6 rings (SSSR count). The molecule has 1 atom stereocenters. The smallest absolute Gasteiger partial charge is 0.271 e. The third-order valence-electron chi connectivity index (χ3n) is 7.94. The molecule has 41 heavy (non-hydrogen) atoms. The molecule has 1 aromatic heterocycles.